The molecular formula is C29H25N3O5. The molecule has 8 heteroatoms. The summed E-state index contributed by atoms with van der Waals surface area (Å²) in [7, 11) is 1.29. The Morgan fingerprint density at radius 3 is 2.41 bits per heavy atom. The number of hydrogen-bond acceptors (Lipinski definition) is 6. The van der Waals surface area contributed by atoms with Crippen LogP contribution in [-0.2, 0) is 25.5 Å². The van der Waals surface area contributed by atoms with Gasteiger partial charge in [-0.3, -0.25) is 19.7 Å². The number of methoxy groups -OCH3 is 1. The van der Waals surface area contributed by atoms with Crippen LogP contribution in [-0.4, -0.2) is 40.5 Å². The van der Waals surface area contributed by atoms with E-state index in [1.165, 1.54) is 24.1 Å². The second-order valence-corrected chi connectivity index (χ2v) is 9.56. The summed E-state index contributed by atoms with van der Waals surface area (Å²) in [5.41, 5.74) is 1.39. The Labute approximate surface area is 212 Å². The fourth-order valence-electron chi connectivity index (χ4n) is 5.99. The Kier molecular flexibility index (Phi) is 5.35. The van der Waals surface area contributed by atoms with Crippen molar-refractivity contribution in [1.82, 2.24) is 10.3 Å². The highest BCUT2D eigenvalue weighted by atomic mass is 16.5. The van der Waals surface area contributed by atoms with Gasteiger partial charge in [-0.05, 0) is 41.5 Å². The van der Waals surface area contributed by atoms with Crippen LogP contribution in [0.4, 0.5) is 5.69 Å². The van der Waals surface area contributed by atoms with Crippen LogP contribution in [0, 0.1) is 11.8 Å². The van der Waals surface area contributed by atoms with Gasteiger partial charge in [-0.25, -0.2) is 4.90 Å². The van der Waals surface area contributed by atoms with Crippen molar-refractivity contribution in [3.8, 4) is 5.75 Å². The predicted molar refractivity (Wildman–Crippen MR) is 137 cm³/mol. The zero-order chi connectivity index (χ0) is 25.7. The zero-order valence-corrected chi connectivity index (χ0v) is 20.0. The summed E-state index contributed by atoms with van der Waals surface area (Å²) >= 11 is 0. The quantitative estimate of drug-likeness (QED) is 0.289. The number of esters is 1. The molecule has 2 amide bonds. The lowest BCUT2D eigenvalue weighted by Crippen LogP contribution is -2.57. The van der Waals surface area contributed by atoms with Crippen molar-refractivity contribution in [3.63, 3.8) is 0 Å². The van der Waals surface area contributed by atoms with Crippen LogP contribution < -0.4 is 10.2 Å². The predicted octanol–water partition coefficient (Wildman–Crippen LogP) is 3.48. The zero-order valence-electron chi connectivity index (χ0n) is 20.0. The molecule has 2 aliphatic rings. The van der Waals surface area contributed by atoms with E-state index >= 15 is 0 Å². The van der Waals surface area contributed by atoms with E-state index in [9.17, 15) is 19.5 Å². The number of aromatic amines is 1. The van der Waals surface area contributed by atoms with E-state index in [-0.39, 0.29) is 18.1 Å². The van der Waals surface area contributed by atoms with Gasteiger partial charge in [-0.15, -0.1) is 0 Å². The molecule has 8 nitrogen and oxygen atoms in total. The first-order valence-electron chi connectivity index (χ1n) is 12.1. The molecule has 2 saturated heterocycles. The van der Waals surface area contributed by atoms with Crippen molar-refractivity contribution in [1.29, 1.82) is 0 Å². The molecule has 1 aromatic heterocycles. The number of rotatable bonds is 5. The van der Waals surface area contributed by atoms with Crippen LogP contribution in [0.5, 0.6) is 5.75 Å². The van der Waals surface area contributed by atoms with Gasteiger partial charge < -0.3 is 14.8 Å². The van der Waals surface area contributed by atoms with Gasteiger partial charge in [-0.1, -0.05) is 48.5 Å². The molecule has 3 heterocycles. The lowest BCUT2D eigenvalue weighted by Gasteiger charge is -2.32. The van der Waals surface area contributed by atoms with Gasteiger partial charge in [0.1, 0.15) is 11.3 Å². The standard InChI is InChI=1S/C29H25N3O5/c1-37-28(36)29(15-18-16-30-22-10-6-5-9-21(18)22)24-23(25(31-29)17-11-13-20(33)14-12-17)26(34)32(27(24)35)19-7-3-2-4-8-19/h2-14,16,23-25,30-31,33H,15H2,1H3. The Balaban J connectivity index is 1.53. The fraction of sp³-hybridized carbons (Fsp3) is 0.207. The number of carbonyl (C=O) groups is 3. The van der Waals surface area contributed by atoms with E-state index in [4.69, 9.17) is 4.74 Å². The number of aromatic hydroxyl groups is 1. The van der Waals surface area contributed by atoms with Crippen molar-refractivity contribution >= 4 is 34.4 Å². The van der Waals surface area contributed by atoms with E-state index in [0.29, 0.717) is 11.3 Å². The van der Waals surface area contributed by atoms with Crippen LogP contribution in [0.3, 0.4) is 0 Å². The van der Waals surface area contributed by atoms with Crippen LogP contribution in [0.2, 0.25) is 0 Å². The number of fused-ring (bicyclic) bond motifs is 2. The number of nitrogens with zero attached hydrogens (tertiary/aromatic N) is 1. The van der Waals surface area contributed by atoms with Crippen LogP contribution in [0.25, 0.3) is 10.9 Å². The molecule has 2 aliphatic heterocycles. The van der Waals surface area contributed by atoms with Crippen LogP contribution in [0.1, 0.15) is 17.2 Å². The Hall–Kier alpha value is -4.43. The number of para-hydroxylation sites is 2. The third kappa shape index (κ3) is 3.44. The molecule has 0 bridgehead atoms. The number of aromatic nitrogens is 1. The highest BCUT2D eigenvalue weighted by Crippen LogP contribution is 2.51. The third-order valence-electron chi connectivity index (χ3n) is 7.61. The SMILES string of the molecule is COC(=O)C1(Cc2c[nH]c3ccccc23)NC(c2ccc(O)cc2)C2C(=O)N(c3ccccc3)C(=O)C21. The third-order valence-corrected chi connectivity index (χ3v) is 7.61. The van der Waals surface area contributed by atoms with Crippen molar-refractivity contribution < 1.29 is 24.2 Å². The fourth-order valence-corrected chi connectivity index (χ4v) is 5.99. The summed E-state index contributed by atoms with van der Waals surface area (Å²) in [6.45, 7) is 0. The minimum atomic E-state index is -1.50. The topological polar surface area (TPSA) is 112 Å². The van der Waals surface area contributed by atoms with Crippen molar-refractivity contribution in [3.05, 3.63) is 96.2 Å². The summed E-state index contributed by atoms with van der Waals surface area (Å²) in [5.74, 6) is -3.19. The first-order valence-corrected chi connectivity index (χ1v) is 12.1. The van der Waals surface area contributed by atoms with E-state index < -0.39 is 35.3 Å². The van der Waals surface area contributed by atoms with E-state index in [0.717, 1.165) is 16.5 Å². The first-order chi connectivity index (χ1) is 17.9. The average Bonchev–Trinajstić information content (AvgIpc) is 3.57. The summed E-state index contributed by atoms with van der Waals surface area (Å²) in [6.07, 6.45) is 1.97. The molecule has 37 heavy (non-hydrogen) atoms. The van der Waals surface area contributed by atoms with Crippen molar-refractivity contribution in [2.75, 3.05) is 12.0 Å². The molecule has 0 spiro atoms. The molecule has 3 aromatic carbocycles. The maximum absolute atomic E-state index is 14.1. The maximum Gasteiger partial charge on any atom is 0.327 e. The van der Waals surface area contributed by atoms with E-state index in [2.05, 4.69) is 10.3 Å². The monoisotopic (exact) mass is 495 g/mol. The molecule has 0 radical (unpaired) electrons. The number of nitrogens with one attached hydrogen (secondary N) is 2. The largest absolute Gasteiger partial charge is 0.508 e. The molecule has 2 fully saturated rings. The number of imide groups is 1. The highest BCUT2D eigenvalue weighted by Gasteiger charge is 2.69. The maximum atomic E-state index is 14.1. The average molecular weight is 496 g/mol. The molecule has 0 aliphatic carbocycles. The molecule has 6 rings (SSSR count). The number of amides is 2. The number of benzene rings is 3. The molecule has 3 N–H and O–H groups in total. The molecule has 0 saturated carbocycles. The molecule has 4 atom stereocenters. The van der Waals surface area contributed by atoms with Gasteiger partial charge >= 0.3 is 5.97 Å². The van der Waals surface area contributed by atoms with E-state index in [1.54, 1.807) is 36.4 Å². The van der Waals surface area contributed by atoms with Gasteiger partial charge in [0.15, 0.2) is 0 Å². The van der Waals surface area contributed by atoms with Crippen molar-refractivity contribution in [2.45, 2.75) is 18.0 Å². The minimum Gasteiger partial charge on any atom is -0.508 e. The summed E-state index contributed by atoms with van der Waals surface area (Å²) in [4.78, 5) is 46.1. The number of phenolic OH excluding ortho intramolecular Hbond substituents is 1. The normalized spacial score (nSPS) is 25.0. The highest BCUT2D eigenvalue weighted by molar-refractivity contribution is 6.24. The minimum absolute atomic E-state index is 0.0797. The second-order valence-electron chi connectivity index (χ2n) is 9.56. The van der Waals surface area contributed by atoms with Crippen molar-refractivity contribution in [2.24, 2.45) is 11.8 Å². The molecule has 186 valence electrons. The number of phenols is 1. The second kappa shape index (κ2) is 8.60. The molecule has 4 unspecified atom stereocenters. The van der Waals surface area contributed by atoms with Gasteiger partial charge in [0.2, 0.25) is 11.8 Å². The number of carbonyl (C=O) groups excluding carboxylic acids is 3. The van der Waals surface area contributed by atoms with E-state index in [1.807, 2.05) is 36.5 Å². The Bertz CT molecular complexity index is 1510. The van der Waals surface area contributed by atoms with Crippen LogP contribution >= 0.6 is 0 Å². The Morgan fingerprint density at radius 2 is 1.68 bits per heavy atom. The van der Waals surface area contributed by atoms with Gasteiger partial charge in [-0.2, -0.15) is 0 Å². The number of anilines is 1. The lowest BCUT2D eigenvalue weighted by molar-refractivity contribution is -0.152. The molecular weight excluding hydrogens is 470 g/mol. The first kappa shape index (κ1) is 23.0. The van der Waals surface area contributed by atoms with Gasteiger partial charge in [0.25, 0.3) is 0 Å². The summed E-state index contributed by atoms with van der Waals surface area (Å²) in [5, 5.41) is 14.2. The van der Waals surface area contributed by atoms with Gasteiger partial charge in [0, 0.05) is 29.6 Å². The van der Waals surface area contributed by atoms with Gasteiger partial charge in [0.05, 0.1) is 24.6 Å². The molecule has 4 aromatic rings. The number of hydrogen-bond donors (Lipinski definition) is 3. The smallest absolute Gasteiger partial charge is 0.327 e. The summed E-state index contributed by atoms with van der Waals surface area (Å²) in [6, 6.07) is 22.3. The number of H-pyrrole nitrogens is 1. The Morgan fingerprint density at radius 1 is 0.973 bits per heavy atom. The lowest BCUT2D eigenvalue weighted by atomic mass is 9.76. The van der Waals surface area contributed by atoms with Crippen LogP contribution in [0.15, 0.2) is 85.1 Å². The number of ether oxygens (including phenoxy) is 1. The summed E-state index contributed by atoms with van der Waals surface area (Å²) < 4.78 is 5.30.